The number of hydrogen-bond donors (Lipinski definition) is 3. The van der Waals surface area contributed by atoms with Crippen LogP contribution in [0.1, 0.15) is 20.8 Å². The standard InChI is InChI=1S/C20H25N3O4.C15H17N3O2/c1-20(2,3)27-19(24)23-11-14(12-23)26-13-8-9-15(17(10-13)25-4)16-6-5-7-18(21)22-16;1-19-14-7-10(20-11-8-17-9-11)5-6-12(14)13-3-2-4-15(16)18-13/h5-10,14H,11-12H2,1-4H3,(H2,21,22);2-7,11,17H,8-9H2,1H3,(H2,16,18). The molecule has 2 aromatic heterocycles. The van der Waals surface area contributed by atoms with Crippen LogP contribution in [0.15, 0.2) is 72.8 Å². The average molecular weight is 643 g/mol. The fourth-order valence-electron chi connectivity index (χ4n) is 4.83. The van der Waals surface area contributed by atoms with E-state index in [1.54, 1.807) is 31.3 Å². The maximum atomic E-state index is 12.0. The Morgan fingerprint density at radius 2 is 1.26 bits per heavy atom. The Kier molecular flexibility index (Phi) is 10.2. The second-order valence-electron chi connectivity index (χ2n) is 12.1. The van der Waals surface area contributed by atoms with E-state index in [0.717, 1.165) is 47.1 Å². The van der Waals surface area contributed by atoms with E-state index in [-0.39, 0.29) is 18.3 Å². The highest BCUT2D eigenvalue weighted by Gasteiger charge is 2.35. The Balaban J connectivity index is 0.000000193. The summed E-state index contributed by atoms with van der Waals surface area (Å²) in [4.78, 5) is 22.2. The lowest BCUT2D eigenvalue weighted by Gasteiger charge is -2.39. The molecule has 2 saturated heterocycles. The molecule has 0 radical (unpaired) electrons. The van der Waals surface area contributed by atoms with Crippen LogP contribution >= 0.6 is 0 Å². The molecule has 6 rings (SSSR count). The smallest absolute Gasteiger partial charge is 0.410 e. The average Bonchev–Trinajstić information content (AvgIpc) is 2.99. The van der Waals surface area contributed by atoms with E-state index in [4.69, 9.17) is 35.2 Å². The lowest BCUT2D eigenvalue weighted by atomic mass is 10.1. The third-order valence-corrected chi connectivity index (χ3v) is 7.29. The summed E-state index contributed by atoms with van der Waals surface area (Å²) in [7, 11) is 3.24. The van der Waals surface area contributed by atoms with Crippen molar-refractivity contribution in [3.8, 4) is 45.5 Å². The summed E-state index contributed by atoms with van der Waals surface area (Å²) in [6, 6.07) is 22.3. The van der Waals surface area contributed by atoms with Crippen LogP contribution < -0.4 is 35.7 Å². The van der Waals surface area contributed by atoms with Crippen molar-refractivity contribution in [2.24, 2.45) is 0 Å². The molecular weight excluding hydrogens is 600 g/mol. The summed E-state index contributed by atoms with van der Waals surface area (Å²) < 4.78 is 28.0. The minimum atomic E-state index is -0.499. The van der Waals surface area contributed by atoms with Crippen molar-refractivity contribution in [2.75, 3.05) is 51.9 Å². The molecule has 5 N–H and O–H groups in total. The number of benzene rings is 2. The molecule has 47 heavy (non-hydrogen) atoms. The number of nitrogens with one attached hydrogen (secondary N) is 1. The lowest BCUT2D eigenvalue weighted by Crippen LogP contribution is -2.57. The summed E-state index contributed by atoms with van der Waals surface area (Å²) in [6.45, 7) is 8.32. The normalized spacial score (nSPS) is 14.5. The number of carbonyl (C=O) groups is 1. The van der Waals surface area contributed by atoms with Gasteiger partial charge >= 0.3 is 6.09 Å². The SMILES string of the molecule is COc1cc(OC2CN(C(=O)OC(C)(C)C)C2)ccc1-c1cccc(N)n1.COc1cc(OC2CNC2)ccc1-c1cccc(N)n1. The van der Waals surface area contributed by atoms with Crippen molar-refractivity contribution in [2.45, 2.75) is 38.6 Å². The Morgan fingerprint density at radius 3 is 1.66 bits per heavy atom. The number of nitrogens with two attached hydrogens (primary N) is 2. The van der Waals surface area contributed by atoms with E-state index in [9.17, 15) is 4.79 Å². The van der Waals surface area contributed by atoms with Crippen LogP contribution in [0.5, 0.6) is 23.0 Å². The molecule has 12 heteroatoms. The van der Waals surface area contributed by atoms with Crippen LogP contribution in [0.25, 0.3) is 22.5 Å². The number of hydrogen-bond acceptors (Lipinski definition) is 11. The van der Waals surface area contributed by atoms with Gasteiger partial charge in [-0.3, -0.25) is 0 Å². The fourth-order valence-corrected chi connectivity index (χ4v) is 4.83. The summed E-state index contributed by atoms with van der Waals surface area (Å²) >= 11 is 0. The van der Waals surface area contributed by atoms with Gasteiger partial charge in [0.25, 0.3) is 0 Å². The molecule has 2 aliphatic heterocycles. The highest BCUT2D eigenvalue weighted by Crippen LogP contribution is 2.34. The van der Waals surface area contributed by atoms with E-state index < -0.39 is 5.60 Å². The number of amides is 1. The molecule has 2 aromatic carbocycles. The Labute approximate surface area is 274 Å². The predicted octanol–water partition coefficient (Wildman–Crippen LogP) is 5.03. The highest BCUT2D eigenvalue weighted by molar-refractivity contribution is 5.71. The van der Waals surface area contributed by atoms with Gasteiger partial charge in [-0.2, -0.15) is 0 Å². The number of likely N-dealkylation sites (tertiary alicyclic amines) is 1. The van der Waals surface area contributed by atoms with Crippen LogP contribution in [0.2, 0.25) is 0 Å². The number of nitrogens with zero attached hydrogens (tertiary/aromatic N) is 3. The molecule has 248 valence electrons. The van der Waals surface area contributed by atoms with Gasteiger partial charge in [-0.25, -0.2) is 14.8 Å². The third kappa shape index (κ3) is 8.73. The number of pyridine rings is 2. The first-order chi connectivity index (χ1) is 22.5. The highest BCUT2D eigenvalue weighted by atomic mass is 16.6. The van der Waals surface area contributed by atoms with Gasteiger partial charge in [-0.15, -0.1) is 0 Å². The zero-order valence-corrected chi connectivity index (χ0v) is 27.4. The van der Waals surface area contributed by atoms with E-state index in [0.29, 0.717) is 36.2 Å². The van der Waals surface area contributed by atoms with Gasteiger partial charge in [0.1, 0.15) is 52.4 Å². The molecule has 4 heterocycles. The van der Waals surface area contributed by atoms with Gasteiger partial charge < -0.3 is 45.4 Å². The molecule has 0 bridgehead atoms. The van der Waals surface area contributed by atoms with E-state index in [1.165, 1.54) is 0 Å². The van der Waals surface area contributed by atoms with Crippen molar-refractivity contribution < 1.29 is 28.5 Å². The Bertz CT molecular complexity index is 1680. The summed E-state index contributed by atoms with van der Waals surface area (Å²) in [5.41, 5.74) is 14.3. The third-order valence-electron chi connectivity index (χ3n) is 7.29. The topological polar surface area (TPSA) is 156 Å². The monoisotopic (exact) mass is 642 g/mol. The number of methoxy groups -OCH3 is 2. The van der Waals surface area contributed by atoms with E-state index in [2.05, 4.69) is 15.3 Å². The Morgan fingerprint density at radius 1 is 0.766 bits per heavy atom. The zero-order chi connectivity index (χ0) is 33.6. The van der Waals surface area contributed by atoms with Crippen molar-refractivity contribution in [1.82, 2.24) is 20.2 Å². The minimum Gasteiger partial charge on any atom is -0.496 e. The van der Waals surface area contributed by atoms with Crippen LogP contribution in [-0.2, 0) is 4.74 Å². The summed E-state index contributed by atoms with van der Waals surface area (Å²) in [5, 5.41) is 3.17. The lowest BCUT2D eigenvalue weighted by molar-refractivity contribution is -0.0221. The van der Waals surface area contributed by atoms with Gasteiger partial charge in [0.05, 0.1) is 38.7 Å². The number of ether oxygens (including phenoxy) is 5. The van der Waals surface area contributed by atoms with Crippen LogP contribution in [0, 0.1) is 0 Å². The van der Waals surface area contributed by atoms with Crippen molar-refractivity contribution in [1.29, 1.82) is 0 Å². The molecule has 0 spiro atoms. The van der Waals surface area contributed by atoms with Gasteiger partial charge in [0.15, 0.2) is 0 Å². The summed E-state index contributed by atoms with van der Waals surface area (Å²) in [5.74, 6) is 3.80. The quantitative estimate of drug-likeness (QED) is 0.237. The maximum Gasteiger partial charge on any atom is 0.410 e. The number of carbonyl (C=O) groups excluding carboxylic acids is 1. The molecule has 2 fully saturated rings. The second-order valence-corrected chi connectivity index (χ2v) is 12.1. The molecule has 2 aliphatic rings. The Hall–Kier alpha value is -5.23. The number of nitrogen functional groups attached to an aromatic ring is 2. The van der Waals surface area contributed by atoms with Gasteiger partial charge in [0, 0.05) is 36.3 Å². The van der Waals surface area contributed by atoms with Crippen LogP contribution in [-0.4, -0.2) is 79.2 Å². The van der Waals surface area contributed by atoms with Crippen LogP contribution in [0.4, 0.5) is 16.4 Å². The zero-order valence-electron chi connectivity index (χ0n) is 27.4. The molecule has 0 unspecified atom stereocenters. The first-order valence-electron chi connectivity index (χ1n) is 15.3. The van der Waals surface area contributed by atoms with Crippen molar-refractivity contribution in [3.05, 3.63) is 72.8 Å². The van der Waals surface area contributed by atoms with Crippen LogP contribution in [0.3, 0.4) is 0 Å². The van der Waals surface area contributed by atoms with Gasteiger partial charge in [0.2, 0.25) is 0 Å². The fraction of sp³-hybridized carbons (Fsp3) is 0.343. The predicted molar refractivity (Wildman–Crippen MR) is 181 cm³/mol. The first kappa shape index (κ1) is 33.1. The second kappa shape index (κ2) is 14.5. The molecule has 12 nitrogen and oxygen atoms in total. The van der Waals surface area contributed by atoms with E-state index in [1.807, 2.05) is 81.4 Å². The minimum absolute atomic E-state index is 0.0708. The van der Waals surface area contributed by atoms with E-state index >= 15 is 0 Å². The van der Waals surface area contributed by atoms with Gasteiger partial charge in [-0.05, 0) is 69.3 Å². The first-order valence-corrected chi connectivity index (χ1v) is 15.3. The van der Waals surface area contributed by atoms with Crippen molar-refractivity contribution in [3.63, 3.8) is 0 Å². The maximum absolute atomic E-state index is 12.0. The molecule has 0 atom stereocenters. The summed E-state index contributed by atoms with van der Waals surface area (Å²) in [6.07, 6.45) is -0.141. The number of anilines is 2. The van der Waals surface area contributed by atoms with Crippen molar-refractivity contribution >= 4 is 17.7 Å². The molecule has 4 aromatic rings. The molecular formula is C35H42N6O6. The molecule has 1 amide bonds. The molecule has 0 saturated carbocycles. The number of rotatable bonds is 8. The molecule has 0 aliphatic carbocycles. The number of aromatic nitrogens is 2. The largest absolute Gasteiger partial charge is 0.496 e. The van der Waals surface area contributed by atoms with Gasteiger partial charge in [-0.1, -0.05) is 12.1 Å².